The molecule has 0 aromatic heterocycles. The molecule has 166 valence electrons. The number of hydrogen-bond acceptors (Lipinski definition) is 5. The Morgan fingerprint density at radius 3 is 2.59 bits per heavy atom. The molecule has 0 aliphatic carbocycles. The molecule has 1 aliphatic heterocycles. The van der Waals surface area contributed by atoms with Crippen molar-refractivity contribution in [3.63, 3.8) is 0 Å². The molecule has 2 aromatic rings. The van der Waals surface area contributed by atoms with Gasteiger partial charge in [0.25, 0.3) is 0 Å². The highest BCUT2D eigenvalue weighted by Crippen LogP contribution is 2.41. The second-order valence-corrected chi connectivity index (χ2v) is 7.48. The minimum Gasteiger partial charge on any atom is -0.490 e. The molecule has 1 atom stereocenters. The van der Waals surface area contributed by atoms with Crippen LogP contribution in [0.25, 0.3) is 5.70 Å². The first kappa shape index (κ1) is 23.5. The maximum Gasteiger partial charge on any atom is 0.338 e. The number of rotatable bonds is 8. The summed E-state index contributed by atoms with van der Waals surface area (Å²) in [4.78, 5) is 13.1. The molecule has 1 heterocycles. The number of thiocarbonyl (C=S) groups is 1. The molecule has 2 aromatic carbocycles. The van der Waals surface area contributed by atoms with Crippen LogP contribution in [-0.2, 0) is 9.53 Å². The molecule has 2 N–H and O–H groups in total. The van der Waals surface area contributed by atoms with Gasteiger partial charge in [0.15, 0.2) is 16.6 Å². The van der Waals surface area contributed by atoms with Gasteiger partial charge in [0.2, 0.25) is 0 Å². The first-order valence-corrected chi connectivity index (χ1v) is 10.8. The summed E-state index contributed by atoms with van der Waals surface area (Å²) in [5.74, 6) is 2.70. The number of carbonyl (C=O) groups is 1. The lowest BCUT2D eigenvalue weighted by molar-refractivity contribution is -0.138. The fourth-order valence-corrected chi connectivity index (χ4v) is 3.84. The molecule has 32 heavy (non-hydrogen) atoms. The van der Waals surface area contributed by atoms with E-state index >= 15 is 0 Å². The molecular weight excluding hydrogens is 448 g/mol. The normalized spacial score (nSPS) is 15.3. The quantitative estimate of drug-likeness (QED) is 0.339. The summed E-state index contributed by atoms with van der Waals surface area (Å²) >= 11 is 12.0. The average molecular weight is 471 g/mol. The third-order valence-electron chi connectivity index (χ3n) is 4.59. The first-order valence-electron chi connectivity index (χ1n) is 10.1. The van der Waals surface area contributed by atoms with E-state index < -0.39 is 12.0 Å². The van der Waals surface area contributed by atoms with Crippen LogP contribution in [0.3, 0.4) is 0 Å². The van der Waals surface area contributed by atoms with Crippen molar-refractivity contribution in [1.82, 2.24) is 10.6 Å². The van der Waals surface area contributed by atoms with E-state index in [-0.39, 0.29) is 13.2 Å². The predicted octanol–water partition coefficient (Wildman–Crippen LogP) is 4.24. The molecule has 0 spiro atoms. The average Bonchev–Trinajstić information content (AvgIpc) is 2.78. The zero-order valence-electron chi connectivity index (χ0n) is 17.7. The molecule has 6 nitrogen and oxygen atoms in total. The van der Waals surface area contributed by atoms with Gasteiger partial charge in [-0.15, -0.1) is 6.42 Å². The molecule has 3 rings (SSSR count). The molecular formula is C24H23ClN2O4S. The maximum atomic E-state index is 13.1. The summed E-state index contributed by atoms with van der Waals surface area (Å²) in [5, 5.41) is 6.93. The van der Waals surface area contributed by atoms with Crippen molar-refractivity contribution in [3.05, 3.63) is 64.2 Å². The summed E-state index contributed by atoms with van der Waals surface area (Å²) in [6.45, 7) is 4.26. The molecule has 0 fully saturated rings. The Labute approximate surface area is 197 Å². The van der Waals surface area contributed by atoms with Gasteiger partial charge in [-0.25, -0.2) is 4.79 Å². The SMILES string of the molecule is C#CCOc1c(Cl)cc([C@H]2NC(=S)NC(c3ccccc3)=C2C(=O)OCC)cc1OCC. The fourth-order valence-electron chi connectivity index (χ4n) is 3.35. The van der Waals surface area contributed by atoms with E-state index in [2.05, 4.69) is 16.6 Å². The molecule has 0 unspecified atom stereocenters. The Balaban J connectivity index is 2.18. The van der Waals surface area contributed by atoms with E-state index in [9.17, 15) is 4.79 Å². The Kier molecular flexibility index (Phi) is 7.98. The van der Waals surface area contributed by atoms with Crippen LogP contribution in [0.5, 0.6) is 11.5 Å². The van der Waals surface area contributed by atoms with Gasteiger partial charge >= 0.3 is 5.97 Å². The van der Waals surface area contributed by atoms with Gasteiger partial charge in [-0.3, -0.25) is 0 Å². The monoisotopic (exact) mass is 470 g/mol. The summed E-state index contributed by atoms with van der Waals surface area (Å²) in [6, 6.07) is 12.3. The van der Waals surface area contributed by atoms with Crippen molar-refractivity contribution in [2.45, 2.75) is 19.9 Å². The van der Waals surface area contributed by atoms with Crippen molar-refractivity contribution in [2.75, 3.05) is 19.8 Å². The van der Waals surface area contributed by atoms with Crippen LogP contribution in [0.2, 0.25) is 5.02 Å². The number of nitrogens with one attached hydrogen (secondary N) is 2. The van der Waals surface area contributed by atoms with Crippen molar-refractivity contribution in [1.29, 1.82) is 0 Å². The van der Waals surface area contributed by atoms with Gasteiger partial charge < -0.3 is 24.8 Å². The van der Waals surface area contributed by atoms with Crippen LogP contribution >= 0.6 is 23.8 Å². The van der Waals surface area contributed by atoms with E-state index in [0.29, 0.717) is 45.1 Å². The van der Waals surface area contributed by atoms with Gasteiger partial charge in [0.05, 0.1) is 35.5 Å². The molecule has 0 saturated heterocycles. The third-order valence-corrected chi connectivity index (χ3v) is 5.10. The number of esters is 1. The van der Waals surface area contributed by atoms with Crippen LogP contribution in [-0.4, -0.2) is 30.9 Å². The van der Waals surface area contributed by atoms with E-state index in [1.54, 1.807) is 19.1 Å². The van der Waals surface area contributed by atoms with Gasteiger partial charge in [0.1, 0.15) is 6.61 Å². The van der Waals surface area contributed by atoms with E-state index in [1.807, 2.05) is 37.3 Å². The minimum atomic E-state index is -0.628. The lowest BCUT2D eigenvalue weighted by Gasteiger charge is -2.31. The summed E-state index contributed by atoms with van der Waals surface area (Å²) in [6.07, 6.45) is 5.32. The number of hydrogen-bond donors (Lipinski definition) is 2. The largest absolute Gasteiger partial charge is 0.490 e. The zero-order valence-corrected chi connectivity index (χ0v) is 19.3. The third kappa shape index (κ3) is 5.16. The summed E-state index contributed by atoms with van der Waals surface area (Å²) in [5.41, 5.74) is 2.41. The van der Waals surface area contributed by atoms with Gasteiger partial charge in [-0.05, 0) is 49.3 Å². The van der Waals surface area contributed by atoms with Crippen LogP contribution in [0, 0.1) is 12.3 Å². The van der Waals surface area contributed by atoms with Crippen LogP contribution in [0.1, 0.15) is 31.0 Å². The molecule has 0 saturated carbocycles. The predicted molar refractivity (Wildman–Crippen MR) is 129 cm³/mol. The zero-order chi connectivity index (χ0) is 23.1. The molecule has 0 radical (unpaired) electrons. The molecule has 8 heteroatoms. The highest BCUT2D eigenvalue weighted by atomic mass is 35.5. The Morgan fingerprint density at radius 2 is 1.94 bits per heavy atom. The van der Waals surface area contributed by atoms with Gasteiger partial charge in [-0.1, -0.05) is 47.9 Å². The van der Waals surface area contributed by atoms with Crippen molar-refractivity contribution in [3.8, 4) is 23.8 Å². The Hall–Kier alpha value is -3.21. The number of halogens is 1. The van der Waals surface area contributed by atoms with E-state index in [4.69, 9.17) is 44.5 Å². The number of benzene rings is 2. The van der Waals surface area contributed by atoms with Crippen LogP contribution < -0.4 is 20.1 Å². The highest BCUT2D eigenvalue weighted by molar-refractivity contribution is 7.80. The first-order chi connectivity index (χ1) is 15.5. The van der Waals surface area contributed by atoms with Gasteiger partial charge in [0, 0.05) is 0 Å². The fraction of sp³-hybridized carbons (Fsp3) is 0.250. The second kappa shape index (κ2) is 10.9. The maximum absolute atomic E-state index is 13.1. The van der Waals surface area contributed by atoms with E-state index in [1.165, 1.54) is 0 Å². The molecule has 0 bridgehead atoms. The topological polar surface area (TPSA) is 68.8 Å². The minimum absolute atomic E-state index is 0.0426. The van der Waals surface area contributed by atoms with Gasteiger partial charge in [-0.2, -0.15) is 0 Å². The number of ether oxygens (including phenoxy) is 3. The summed E-state index contributed by atoms with van der Waals surface area (Å²) < 4.78 is 16.7. The standard InChI is InChI=1S/C24H23ClN2O4S/c1-4-12-31-22-17(25)13-16(14-18(22)29-5-2)21-19(23(28)30-6-3)20(26-24(32)27-21)15-10-8-7-9-11-15/h1,7-11,13-14,21H,5-6,12H2,2-3H3,(H2,26,27,32)/t21-/m1/s1. The van der Waals surface area contributed by atoms with E-state index in [0.717, 1.165) is 5.56 Å². The number of carbonyl (C=O) groups excluding carboxylic acids is 1. The van der Waals surface area contributed by atoms with Crippen molar-refractivity contribution in [2.24, 2.45) is 0 Å². The smallest absolute Gasteiger partial charge is 0.338 e. The molecule has 0 amide bonds. The number of terminal acetylenes is 1. The Bertz CT molecular complexity index is 1080. The van der Waals surface area contributed by atoms with Crippen LogP contribution in [0.15, 0.2) is 48.0 Å². The van der Waals surface area contributed by atoms with Crippen molar-refractivity contribution >= 4 is 40.6 Å². The highest BCUT2D eigenvalue weighted by Gasteiger charge is 2.34. The molecule has 1 aliphatic rings. The van der Waals surface area contributed by atoms with Crippen LogP contribution in [0.4, 0.5) is 0 Å². The lowest BCUT2D eigenvalue weighted by Crippen LogP contribution is -2.45. The Morgan fingerprint density at radius 1 is 1.19 bits per heavy atom. The van der Waals surface area contributed by atoms with Crippen molar-refractivity contribution < 1.29 is 19.0 Å². The summed E-state index contributed by atoms with van der Waals surface area (Å²) in [7, 11) is 0. The second-order valence-electron chi connectivity index (χ2n) is 6.66. The lowest BCUT2D eigenvalue weighted by atomic mass is 9.92.